The summed E-state index contributed by atoms with van der Waals surface area (Å²) in [5, 5.41) is 0. The molecule has 3 rings (SSSR count). The van der Waals surface area contributed by atoms with Crippen LogP contribution in [0.3, 0.4) is 0 Å². The number of hydrogen-bond acceptors (Lipinski definition) is 5. The molecule has 1 aliphatic heterocycles. The summed E-state index contributed by atoms with van der Waals surface area (Å²) in [6.07, 6.45) is -0.367. The maximum Gasteiger partial charge on any atom is 0.410 e. The lowest BCUT2D eigenvalue weighted by Gasteiger charge is -2.41. The second-order valence-electron chi connectivity index (χ2n) is 8.41. The van der Waals surface area contributed by atoms with E-state index in [4.69, 9.17) is 14.2 Å². The largest absolute Gasteiger partial charge is 0.497 e. The Morgan fingerprint density at radius 2 is 1.71 bits per heavy atom. The first-order valence-corrected chi connectivity index (χ1v) is 10.4. The number of methoxy groups -OCH3 is 1. The minimum absolute atomic E-state index is 0.0943. The highest BCUT2D eigenvalue weighted by molar-refractivity contribution is 5.79. The highest BCUT2D eigenvalue weighted by Crippen LogP contribution is 2.27. The van der Waals surface area contributed by atoms with E-state index in [1.54, 1.807) is 29.0 Å². The molecule has 1 heterocycles. The smallest absolute Gasteiger partial charge is 0.410 e. The van der Waals surface area contributed by atoms with E-state index in [0.717, 1.165) is 5.56 Å². The molecule has 1 fully saturated rings. The molecule has 166 valence electrons. The van der Waals surface area contributed by atoms with E-state index in [9.17, 15) is 9.59 Å². The van der Waals surface area contributed by atoms with Gasteiger partial charge in [-0.15, -0.1) is 0 Å². The number of rotatable bonds is 5. The van der Waals surface area contributed by atoms with Gasteiger partial charge in [0, 0.05) is 25.7 Å². The molecule has 1 atom stereocenters. The molecule has 0 saturated carbocycles. The number of amides is 2. The summed E-state index contributed by atoms with van der Waals surface area (Å²) in [7, 11) is 1.58. The van der Waals surface area contributed by atoms with E-state index in [0.29, 0.717) is 31.1 Å². The second kappa shape index (κ2) is 9.73. The van der Waals surface area contributed by atoms with Crippen molar-refractivity contribution < 1.29 is 23.8 Å². The van der Waals surface area contributed by atoms with Crippen LogP contribution in [0, 0.1) is 0 Å². The van der Waals surface area contributed by atoms with E-state index in [2.05, 4.69) is 0 Å². The number of piperazine rings is 1. The molecule has 0 spiro atoms. The Hall–Kier alpha value is -3.22. The van der Waals surface area contributed by atoms with Crippen molar-refractivity contribution in [3.05, 3.63) is 60.2 Å². The molecule has 2 aromatic rings. The Morgan fingerprint density at radius 3 is 2.39 bits per heavy atom. The second-order valence-corrected chi connectivity index (χ2v) is 8.41. The van der Waals surface area contributed by atoms with Gasteiger partial charge in [0.25, 0.3) is 5.91 Å². The number of nitrogens with zero attached hydrogens (tertiary/aromatic N) is 2. The predicted octanol–water partition coefficient (Wildman–Crippen LogP) is 3.89. The average molecular weight is 427 g/mol. The lowest BCUT2D eigenvalue weighted by molar-refractivity contribution is -0.138. The van der Waals surface area contributed by atoms with E-state index >= 15 is 0 Å². The normalized spacial score (nSPS) is 16.6. The van der Waals surface area contributed by atoms with Crippen LogP contribution in [0.1, 0.15) is 32.4 Å². The molecule has 31 heavy (non-hydrogen) atoms. The number of carbonyl (C=O) groups is 2. The van der Waals surface area contributed by atoms with Crippen LogP contribution in [0.25, 0.3) is 0 Å². The zero-order valence-corrected chi connectivity index (χ0v) is 18.5. The minimum Gasteiger partial charge on any atom is -0.497 e. The van der Waals surface area contributed by atoms with Crippen molar-refractivity contribution in [2.75, 3.05) is 33.4 Å². The first-order valence-electron chi connectivity index (χ1n) is 10.4. The molecule has 1 aliphatic rings. The van der Waals surface area contributed by atoms with Crippen molar-refractivity contribution in [3.8, 4) is 11.5 Å². The van der Waals surface area contributed by atoms with Crippen LogP contribution < -0.4 is 9.47 Å². The maximum atomic E-state index is 13.0. The molecule has 7 nitrogen and oxygen atoms in total. The van der Waals surface area contributed by atoms with Gasteiger partial charge in [-0.25, -0.2) is 4.79 Å². The third kappa shape index (κ3) is 6.13. The van der Waals surface area contributed by atoms with Gasteiger partial charge in [-0.1, -0.05) is 36.4 Å². The molecule has 2 amide bonds. The monoisotopic (exact) mass is 426 g/mol. The zero-order valence-electron chi connectivity index (χ0n) is 18.5. The lowest BCUT2D eigenvalue weighted by atomic mass is 10.0. The highest BCUT2D eigenvalue weighted by atomic mass is 16.6. The van der Waals surface area contributed by atoms with Crippen molar-refractivity contribution in [1.82, 2.24) is 9.80 Å². The van der Waals surface area contributed by atoms with Gasteiger partial charge < -0.3 is 24.0 Å². The summed E-state index contributed by atoms with van der Waals surface area (Å²) >= 11 is 0. The maximum absolute atomic E-state index is 13.0. The van der Waals surface area contributed by atoms with Gasteiger partial charge >= 0.3 is 6.09 Å². The van der Waals surface area contributed by atoms with Crippen LogP contribution in [-0.2, 0) is 9.53 Å². The quantitative estimate of drug-likeness (QED) is 0.726. The lowest BCUT2D eigenvalue weighted by Crippen LogP contribution is -2.54. The van der Waals surface area contributed by atoms with Crippen LogP contribution in [0.4, 0.5) is 4.79 Å². The Kier molecular flexibility index (Phi) is 7.05. The Balaban J connectivity index is 1.72. The Morgan fingerprint density at radius 1 is 1.00 bits per heavy atom. The van der Waals surface area contributed by atoms with Gasteiger partial charge in [0.05, 0.1) is 13.2 Å². The van der Waals surface area contributed by atoms with Crippen molar-refractivity contribution in [2.24, 2.45) is 0 Å². The molecule has 0 bridgehead atoms. The molecule has 0 radical (unpaired) electrons. The summed E-state index contributed by atoms with van der Waals surface area (Å²) in [6.45, 7) is 6.61. The van der Waals surface area contributed by atoms with E-state index < -0.39 is 5.60 Å². The van der Waals surface area contributed by atoms with Crippen molar-refractivity contribution in [1.29, 1.82) is 0 Å². The minimum atomic E-state index is -0.573. The summed E-state index contributed by atoms with van der Waals surface area (Å²) < 4.78 is 16.4. The van der Waals surface area contributed by atoms with Crippen LogP contribution in [-0.4, -0.2) is 60.8 Å². The molecule has 0 N–H and O–H groups in total. The van der Waals surface area contributed by atoms with Crippen LogP contribution in [0.5, 0.6) is 11.5 Å². The van der Waals surface area contributed by atoms with Crippen LogP contribution in [0.2, 0.25) is 0 Å². The van der Waals surface area contributed by atoms with E-state index in [1.165, 1.54) is 0 Å². The van der Waals surface area contributed by atoms with Crippen LogP contribution >= 0.6 is 0 Å². The molecule has 7 heteroatoms. The third-order valence-corrected chi connectivity index (χ3v) is 4.94. The summed E-state index contributed by atoms with van der Waals surface area (Å²) in [4.78, 5) is 29.1. The fourth-order valence-electron chi connectivity index (χ4n) is 3.45. The van der Waals surface area contributed by atoms with Gasteiger partial charge in [0.1, 0.15) is 17.1 Å². The number of benzene rings is 2. The number of carbonyl (C=O) groups excluding carboxylic acids is 2. The molecule has 0 aliphatic carbocycles. The number of hydrogen-bond donors (Lipinski definition) is 0. The van der Waals surface area contributed by atoms with E-state index in [-0.39, 0.29) is 24.6 Å². The van der Waals surface area contributed by atoms with E-state index in [1.807, 2.05) is 63.2 Å². The van der Waals surface area contributed by atoms with Gasteiger partial charge in [0.15, 0.2) is 6.61 Å². The first kappa shape index (κ1) is 22.5. The fraction of sp³-hybridized carbons (Fsp3) is 0.417. The number of ether oxygens (including phenoxy) is 3. The molecule has 0 aromatic heterocycles. The summed E-state index contributed by atoms with van der Waals surface area (Å²) in [5.41, 5.74) is 0.391. The van der Waals surface area contributed by atoms with Crippen molar-refractivity contribution >= 4 is 12.0 Å². The molecular formula is C24H30N2O5. The SMILES string of the molecule is COc1cccc(OCC(=O)N2CCN(C(=O)OC(C)(C)C)CC2c2ccccc2)c1. The fourth-order valence-corrected chi connectivity index (χ4v) is 3.45. The van der Waals surface area contributed by atoms with Gasteiger partial charge in [-0.3, -0.25) is 4.79 Å². The Labute approximate surface area is 183 Å². The predicted molar refractivity (Wildman–Crippen MR) is 117 cm³/mol. The molecular weight excluding hydrogens is 396 g/mol. The third-order valence-electron chi connectivity index (χ3n) is 4.94. The highest BCUT2D eigenvalue weighted by Gasteiger charge is 2.35. The van der Waals surface area contributed by atoms with Crippen molar-refractivity contribution in [2.45, 2.75) is 32.4 Å². The molecule has 1 saturated heterocycles. The molecule has 2 aromatic carbocycles. The topological polar surface area (TPSA) is 68.3 Å². The first-order chi connectivity index (χ1) is 14.8. The van der Waals surface area contributed by atoms with Gasteiger partial charge in [-0.05, 0) is 38.5 Å². The summed E-state index contributed by atoms with van der Waals surface area (Å²) in [6, 6.07) is 16.6. The zero-order chi connectivity index (χ0) is 22.4. The Bertz CT molecular complexity index is 894. The van der Waals surface area contributed by atoms with Gasteiger partial charge in [0.2, 0.25) is 0 Å². The van der Waals surface area contributed by atoms with Crippen LogP contribution in [0.15, 0.2) is 54.6 Å². The van der Waals surface area contributed by atoms with Crippen molar-refractivity contribution in [3.63, 3.8) is 0 Å². The van der Waals surface area contributed by atoms with Gasteiger partial charge in [-0.2, -0.15) is 0 Å². The standard InChI is InChI=1S/C24H30N2O5/c1-24(2,3)31-23(28)25-13-14-26(21(16-25)18-9-6-5-7-10-18)22(27)17-30-20-12-8-11-19(15-20)29-4/h5-12,15,21H,13-14,16-17H2,1-4H3. The average Bonchev–Trinajstić information content (AvgIpc) is 2.76. The molecule has 1 unspecified atom stereocenters. The summed E-state index contributed by atoms with van der Waals surface area (Å²) in [5.74, 6) is 1.09.